The van der Waals surface area contributed by atoms with Crippen LogP contribution < -0.4 is 0 Å². The van der Waals surface area contributed by atoms with Gasteiger partial charge in [-0.3, -0.25) is 4.99 Å². The highest BCUT2D eigenvalue weighted by Crippen LogP contribution is 2.16. The number of rotatable bonds is 1. The van der Waals surface area contributed by atoms with E-state index in [1.54, 1.807) is 0 Å². The van der Waals surface area contributed by atoms with Crippen LogP contribution >= 0.6 is 0 Å². The maximum Gasteiger partial charge on any atom is 0.0524 e. The number of hydrogen-bond acceptors (Lipinski definition) is 1. The zero-order chi connectivity index (χ0) is 14.4. The minimum absolute atomic E-state index is 0.0492. The Kier molecular flexibility index (Phi) is 4.79. The summed E-state index contributed by atoms with van der Waals surface area (Å²) in [5.41, 5.74) is 3.41. The fourth-order valence-corrected chi connectivity index (χ4v) is 2.09. The number of hydrogen-bond donors (Lipinski definition) is 0. The monoisotopic (exact) mass is 265 g/mol. The van der Waals surface area contributed by atoms with E-state index in [2.05, 4.69) is 55.8 Å². The second-order valence-electron chi connectivity index (χ2n) is 6.24. The van der Waals surface area contributed by atoms with Crippen LogP contribution in [-0.2, 0) is 0 Å². The van der Waals surface area contributed by atoms with Gasteiger partial charge in [0.1, 0.15) is 0 Å². The first-order chi connectivity index (χ1) is 9.54. The van der Waals surface area contributed by atoms with Crippen LogP contribution in [0, 0.1) is 11.8 Å². The first-order valence-electron chi connectivity index (χ1n) is 7.40. The Morgan fingerprint density at radius 2 is 1.90 bits per heavy atom. The number of nitrogens with zero attached hydrogens (tertiary/aromatic N) is 1. The third-order valence-electron chi connectivity index (χ3n) is 3.20. The van der Waals surface area contributed by atoms with E-state index in [9.17, 15) is 0 Å². The minimum Gasteiger partial charge on any atom is -0.287 e. The maximum absolute atomic E-state index is 4.57. The number of benzene rings is 1. The molecule has 20 heavy (non-hydrogen) atoms. The molecule has 0 atom stereocenters. The highest BCUT2D eigenvalue weighted by molar-refractivity contribution is 5.83. The van der Waals surface area contributed by atoms with Crippen molar-refractivity contribution in [1.82, 2.24) is 0 Å². The van der Waals surface area contributed by atoms with Gasteiger partial charge < -0.3 is 0 Å². The summed E-state index contributed by atoms with van der Waals surface area (Å²) in [7, 11) is 0. The van der Waals surface area contributed by atoms with Crippen LogP contribution in [0.15, 0.2) is 40.9 Å². The van der Waals surface area contributed by atoms with Gasteiger partial charge in [-0.05, 0) is 58.1 Å². The lowest BCUT2D eigenvalue weighted by Gasteiger charge is -2.11. The van der Waals surface area contributed by atoms with Gasteiger partial charge in [0.05, 0.1) is 5.54 Å². The van der Waals surface area contributed by atoms with Crippen molar-refractivity contribution >= 4 is 6.21 Å². The molecule has 0 aliphatic heterocycles. The maximum atomic E-state index is 4.57. The average molecular weight is 265 g/mol. The Labute approximate surface area is 122 Å². The molecule has 0 amide bonds. The summed E-state index contributed by atoms with van der Waals surface area (Å²) in [6.45, 7) is 6.31. The third kappa shape index (κ3) is 4.70. The molecule has 0 heterocycles. The van der Waals surface area contributed by atoms with Crippen molar-refractivity contribution in [2.75, 3.05) is 0 Å². The summed E-state index contributed by atoms with van der Waals surface area (Å²) < 4.78 is 0. The summed E-state index contributed by atoms with van der Waals surface area (Å²) in [5.74, 6) is 6.63. The molecule has 0 unspecified atom stereocenters. The zero-order valence-corrected chi connectivity index (χ0v) is 12.7. The molecule has 1 aliphatic carbocycles. The SMILES string of the molecule is CC(C)(C)N=Cc1ccccc1C#CC1=CCCCC1. The van der Waals surface area contributed by atoms with E-state index in [0.717, 1.165) is 17.5 Å². The molecule has 2 rings (SSSR count). The molecule has 1 aliphatic rings. The van der Waals surface area contributed by atoms with Gasteiger partial charge in [-0.15, -0.1) is 0 Å². The molecule has 0 radical (unpaired) electrons. The normalized spacial score (nSPS) is 15.7. The molecule has 0 spiro atoms. The fraction of sp³-hybridized carbons (Fsp3) is 0.421. The van der Waals surface area contributed by atoms with Crippen LogP contribution in [0.1, 0.15) is 57.6 Å². The summed E-state index contributed by atoms with van der Waals surface area (Å²) in [5, 5.41) is 0. The molecule has 0 saturated heterocycles. The van der Waals surface area contributed by atoms with Gasteiger partial charge in [0, 0.05) is 17.3 Å². The lowest BCUT2D eigenvalue weighted by Crippen LogP contribution is -2.09. The Balaban J connectivity index is 2.22. The second-order valence-corrected chi connectivity index (χ2v) is 6.24. The van der Waals surface area contributed by atoms with E-state index < -0.39 is 0 Å². The van der Waals surface area contributed by atoms with Gasteiger partial charge in [-0.1, -0.05) is 36.1 Å². The van der Waals surface area contributed by atoms with Crippen LogP contribution in [0.25, 0.3) is 0 Å². The van der Waals surface area contributed by atoms with E-state index in [-0.39, 0.29) is 5.54 Å². The van der Waals surface area contributed by atoms with Crippen LogP contribution in [0.3, 0.4) is 0 Å². The highest BCUT2D eigenvalue weighted by Gasteiger charge is 2.05. The Bertz CT molecular complexity index is 574. The van der Waals surface area contributed by atoms with Crippen molar-refractivity contribution in [1.29, 1.82) is 0 Å². The smallest absolute Gasteiger partial charge is 0.0524 e. The van der Waals surface area contributed by atoms with Crippen LogP contribution in [0.5, 0.6) is 0 Å². The Hall–Kier alpha value is -1.81. The van der Waals surface area contributed by atoms with Gasteiger partial charge in [-0.25, -0.2) is 0 Å². The summed E-state index contributed by atoms with van der Waals surface area (Å²) in [6, 6.07) is 8.22. The molecule has 0 saturated carbocycles. The molecular weight excluding hydrogens is 242 g/mol. The standard InChI is InChI=1S/C19H23N/c1-19(2,3)20-15-18-12-8-7-11-17(18)14-13-16-9-5-4-6-10-16/h7-9,11-12,15H,4-6,10H2,1-3H3. The largest absolute Gasteiger partial charge is 0.287 e. The predicted molar refractivity (Wildman–Crippen MR) is 87.2 cm³/mol. The van der Waals surface area contributed by atoms with Crippen molar-refractivity contribution in [2.24, 2.45) is 4.99 Å². The van der Waals surface area contributed by atoms with E-state index in [0.29, 0.717) is 0 Å². The number of aliphatic imine (C=N–C) groups is 1. The van der Waals surface area contributed by atoms with Gasteiger partial charge >= 0.3 is 0 Å². The molecule has 0 N–H and O–H groups in total. The molecule has 1 aromatic rings. The second kappa shape index (κ2) is 6.57. The molecule has 1 aromatic carbocycles. The molecule has 0 bridgehead atoms. The van der Waals surface area contributed by atoms with Crippen molar-refractivity contribution in [3.63, 3.8) is 0 Å². The topological polar surface area (TPSA) is 12.4 Å². The van der Waals surface area contributed by atoms with Gasteiger partial charge in [0.2, 0.25) is 0 Å². The van der Waals surface area contributed by atoms with Gasteiger partial charge in [0.15, 0.2) is 0 Å². The molecule has 1 nitrogen and oxygen atoms in total. The predicted octanol–water partition coefficient (Wildman–Crippen LogP) is 4.76. The van der Waals surface area contributed by atoms with E-state index in [1.807, 2.05) is 18.3 Å². The Morgan fingerprint density at radius 3 is 2.60 bits per heavy atom. The lowest BCUT2D eigenvalue weighted by molar-refractivity contribution is 0.586. The fourth-order valence-electron chi connectivity index (χ4n) is 2.09. The van der Waals surface area contributed by atoms with Gasteiger partial charge in [0.25, 0.3) is 0 Å². The average Bonchev–Trinajstić information content (AvgIpc) is 2.44. The van der Waals surface area contributed by atoms with Gasteiger partial charge in [-0.2, -0.15) is 0 Å². The molecule has 0 fully saturated rings. The van der Waals surface area contributed by atoms with E-state index >= 15 is 0 Å². The van der Waals surface area contributed by atoms with E-state index in [4.69, 9.17) is 0 Å². The first-order valence-corrected chi connectivity index (χ1v) is 7.40. The van der Waals surface area contributed by atoms with Crippen molar-refractivity contribution in [3.8, 4) is 11.8 Å². The van der Waals surface area contributed by atoms with E-state index in [1.165, 1.54) is 24.8 Å². The zero-order valence-electron chi connectivity index (χ0n) is 12.7. The number of allylic oxidation sites excluding steroid dienone is 2. The van der Waals surface area contributed by atoms with Crippen molar-refractivity contribution in [2.45, 2.75) is 52.0 Å². The van der Waals surface area contributed by atoms with Crippen LogP contribution in [0.4, 0.5) is 0 Å². The minimum atomic E-state index is -0.0492. The third-order valence-corrected chi connectivity index (χ3v) is 3.20. The summed E-state index contributed by atoms with van der Waals surface area (Å²) in [6.07, 6.45) is 9.11. The Morgan fingerprint density at radius 1 is 1.10 bits per heavy atom. The quantitative estimate of drug-likeness (QED) is 0.513. The summed E-state index contributed by atoms with van der Waals surface area (Å²) in [4.78, 5) is 4.57. The molecule has 0 aromatic heterocycles. The summed E-state index contributed by atoms with van der Waals surface area (Å²) >= 11 is 0. The van der Waals surface area contributed by atoms with Crippen LogP contribution in [0.2, 0.25) is 0 Å². The van der Waals surface area contributed by atoms with Crippen LogP contribution in [-0.4, -0.2) is 11.8 Å². The van der Waals surface area contributed by atoms with Crippen molar-refractivity contribution in [3.05, 3.63) is 47.0 Å². The lowest BCUT2D eigenvalue weighted by atomic mass is 9.99. The highest BCUT2D eigenvalue weighted by atomic mass is 14.8. The van der Waals surface area contributed by atoms with Crippen molar-refractivity contribution < 1.29 is 0 Å². The molecule has 1 heteroatoms. The first kappa shape index (κ1) is 14.6. The molecular formula is C19H23N. The molecule has 104 valence electrons.